The fraction of sp³-hybridized carbons (Fsp3) is 0.318. The van der Waals surface area contributed by atoms with Gasteiger partial charge in [0.2, 0.25) is 0 Å². The van der Waals surface area contributed by atoms with Crippen molar-refractivity contribution in [3.63, 3.8) is 0 Å². The zero-order chi connectivity index (χ0) is 19.0. The molecule has 0 unspecified atom stereocenters. The van der Waals surface area contributed by atoms with Crippen molar-refractivity contribution in [3.8, 4) is 0 Å². The third-order valence-electron chi connectivity index (χ3n) is 5.37. The SMILES string of the molecule is Cc1cccc(CN2CCN(C(=O)c3cc4ccc(F)cc4n3C)CC2)c1. The van der Waals surface area contributed by atoms with Gasteiger partial charge in [-0.15, -0.1) is 0 Å². The summed E-state index contributed by atoms with van der Waals surface area (Å²) in [7, 11) is 1.82. The highest BCUT2D eigenvalue weighted by molar-refractivity contribution is 5.98. The van der Waals surface area contributed by atoms with E-state index in [-0.39, 0.29) is 11.7 Å². The molecular weight excluding hydrogens is 341 g/mol. The van der Waals surface area contributed by atoms with Gasteiger partial charge >= 0.3 is 0 Å². The molecule has 1 amide bonds. The van der Waals surface area contributed by atoms with E-state index in [1.54, 1.807) is 10.6 Å². The van der Waals surface area contributed by atoms with Gasteiger partial charge in [-0.25, -0.2) is 4.39 Å². The average molecular weight is 365 g/mol. The Bertz CT molecular complexity index is 986. The van der Waals surface area contributed by atoms with E-state index in [1.165, 1.54) is 23.3 Å². The summed E-state index contributed by atoms with van der Waals surface area (Å²) in [6.07, 6.45) is 0. The van der Waals surface area contributed by atoms with Gasteiger partial charge in [-0.1, -0.05) is 29.8 Å². The molecule has 2 aromatic carbocycles. The van der Waals surface area contributed by atoms with E-state index >= 15 is 0 Å². The molecule has 140 valence electrons. The Labute approximate surface area is 158 Å². The third kappa shape index (κ3) is 3.60. The lowest BCUT2D eigenvalue weighted by atomic mass is 10.1. The quantitative estimate of drug-likeness (QED) is 0.710. The van der Waals surface area contributed by atoms with Crippen LogP contribution in [0.1, 0.15) is 21.6 Å². The van der Waals surface area contributed by atoms with Crippen LogP contribution in [-0.4, -0.2) is 46.5 Å². The van der Waals surface area contributed by atoms with Gasteiger partial charge in [0.25, 0.3) is 5.91 Å². The van der Waals surface area contributed by atoms with E-state index in [4.69, 9.17) is 0 Å². The molecule has 5 heteroatoms. The number of rotatable bonds is 3. The maximum absolute atomic E-state index is 13.5. The molecule has 3 aromatic rings. The van der Waals surface area contributed by atoms with Crippen molar-refractivity contribution < 1.29 is 9.18 Å². The smallest absolute Gasteiger partial charge is 0.270 e. The van der Waals surface area contributed by atoms with Crippen molar-refractivity contribution >= 4 is 16.8 Å². The summed E-state index contributed by atoms with van der Waals surface area (Å²) < 4.78 is 15.3. The molecule has 0 bridgehead atoms. The predicted molar refractivity (Wildman–Crippen MR) is 105 cm³/mol. The van der Waals surface area contributed by atoms with Crippen LogP contribution in [0.5, 0.6) is 0 Å². The number of benzene rings is 2. The second-order valence-electron chi connectivity index (χ2n) is 7.35. The molecule has 2 heterocycles. The molecule has 0 spiro atoms. The number of aryl methyl sites for hydroxylation is 2. The molecule has 1 fully saturated rings. The summed E-state index contributed by atoms with van der Waals surface area (Å²) in [5, 5.41) is 0.889. The summed E-state index contributed by atoms with van der Waals surface area (Å²) in [5.41, 5.74) is 3.94. The summed E-state index contributed by atoms with van der Waals surface area (Å²) >= 11 is 0. The van der Waals surface area contributed by atoms with Gasteiger partial charge in [0.1, 0.15) is 11.5 Å². The minimum atomic E-state index is -0.285. The van der Waals surface area contributed by atoms with Crippen LogP contribution in [-0.2, 0) is 13.6 Å². The third-order valence-corrected chi connectivity index (χ3v) is 5.37. The Hall–Kier alpha value is -2.66. The first-order valence-electron chi connectivity index (χ1n) is 9.33. The van der Waals surface area contributed by atoms with Gasteiger partial charge in [-0.2, -0.15) is 0 Å². The van der Waals surface area contributed by atoms with Crippen molar-refractivity contribution in [2.45, 2.75) is 13.5 Å². The van der Waals surface area contributed by atoms with Crippen molar-refractivity contribution in [2.75, 3.05) is 26.2 Å². The number of amides is 1. The molecule has 1 aliphatic heterocycles. The van der Waals surface area contributed by atoms with Crippen LogP contribution in [0.15, 0.2) is 48.5 Å². The monoisotopic (exact) mass is 365 g/mol. The van der Waals surface area contributed by atoms with E-state index in [2.05, 4.69) is 36.1 Å². The number of piperazine rings is 1. The fourth-order valence-electron chi connectivity index (χ4n) is 3.85. The lowest BCUT2D eigenvalue weighted by molar-refractivity contribution is 0.0619. The Balaban J connectivity index is 1.43. The molecular formula is C22H24FN3O. The van der Waals surface area contributed by atoms with E-state index in [0.29, 0.717) is 18.8 Å². The van der Waals surface area contributed by atoms with E-state index in [9.17, 15) is 9.18 Å². The first kappa shape index (κ1) is 17.7. The number of nitrogens with zero attached hydrogens (tertiary/aromatic N) is 3. The summed E-state index contributed by atoms with van der Waals surface area (Å²) in [4.78, 5) is 17.3. The zero-order valence-electron chi connectivity index (χ0n) is 15.8. The van der Waals surface area contributed by atoms with Crippen LogP contribution in [0.2, 0.25) is 0 Å². The standard InChI is InChI=1S/C22H24FN3O/c1-16-4-3-5-17(12-16)15-25-8-10-26(11-9-25)22(27)21-13-18-6-7-19(23)14-20(18)24(21)2/h3-7,12-14H,8-11,15H2,1-2H3. The number of halogens is 1. The predicted octanol–water partition coefficient (Wildman–Crippen LogP) is 3.58. The number of hydrogen-bond donors (Lipinski definition) is 0. The van der Waals surface area contributed by atoms with Crippen molar-refractivity contribution in [1.82, 2.24) is 14.4 Å². The highest BCUT2D eigenvalue weighted by Crippen LogP contribution is 2.21. The van der Waals surface area contributed by atoms with Gasteiger partial charge in [0.05, 0.1) is 5.52 Å². The largest absolute Gasteiger partial charge is 0.340 e. The van der Waals surface area contributed by atoms with Crippen LogP contribution >= 0.6 is 0 Å². The van der Waals surface area contributed by atoms with Crippen LogP contribution in [0.25, 0.3) is 10.9 Å². The lowest BCUT2D eigenvalue weighted by Crippen LogP contribution is -2.48. The molecule has 0 atom stereocenters. The zero-order valence-corrected chi connectivity index (χ0v) is 15.8. The summed E-state index contributed by atoms with van der Waals surface area (Å²) in [6, 6.07) is 15.1. The summed E-state index contributed by atoms with van der Waals surface area (Å²) in [5.74, 6) is -0.267. The molecule has 1 aliphatic rings. The Morgan fingerprint density at radius 2 is 1.81 bits per heavy atom. The highest BCUT2D eigenvalue weighted by Gasteiger charge is 2.24. The second-order valence-corrected chi connectivity index (χ2v) is 7.35. The molecule has 0 aliphatic carbocycles. The van der Waals surface area contributed by atoms with Crippen LogP contribution < -0.4 is 0 Å². The fourth-order valence-corrected chi connectivity index (χ4v) is 3.85. The van der Waals surface area contributed by atoms with E-state index in [0.717, 1.165) is 30.5 Å². The van der Waals surface area contributed by atoms with Crippen molar-refractivity contribution in [3.05, 3.63) is 71.2 Å². The maximum Gasteiger partial charge on any atom is 0.270 e. The Morgan fingerprint density at radius 3 is 2.56 bits per heavy atom. The lowest BCUT2D eigenvalue weighted by Gasteiger charge is -2.34. The highest BCUT2D eigenvalue weighted by atomic mass is 19.1. The minimum Gasteiger partial charge on any atom is -0.340 e. The van der Waals surface area contributed by atoms with Gasteiger partial charge in [-0.3, -0.25) is 9.69 Å². The first-order valence-corrected chi connectivity index (χ1v) is 9.33. The average Bonchev–Trinajstić information content (AvgIpc) is 2.98. The minimum absolute atomic E-state index is 0.0179. The maximum atomic E-state index is 13.5. The van der Waals surface area contributed by atoms with Crippen LogP contribution in [0.3, 0.4) is 0 Å². The van der Waals surface area contributed by atoms with E-state index in [1.807, 2.05) is 18.0 Å². The topological polar surface area (TPSA) is 28.5 Å². The number of fused-ring (bicyclic) bond motifs is 1. The molecule has 0 N–H and O–H groups in total. The molecule has 1 aromatic heterocycles. The number of carbonyl (C=O) groups is 1. The van der Waals surface area contributed by atoms with Gasteiger partial charge < -0.3 is 9.47 Å². The number of hydrogen-bond acceptors (Lipinski definition) is 2. The first-order chi connectivity index (χ1) is 13.0. The normalized spacial score (nSPS) is 15.4. The van der Waals surface area contributed by atoms with Crippen LogP contribution in [0.4, 0.5) is 4.39 Å². The van der Waals surface area contributed by atoms with Crippen molar-refractivity contribution in [2.24, 2.45) is 7.05 Å². The van der Waals surface area contributed by atoms with Crippen LogP contribution in [0, 0.1) is 12.7 Å². The number of aromatic nitrogens is 1. The van der Waals surface area contributed by atoms with E-state index < -0.39 is 0 Å². The summed E-state index contributed by atoms with van der Waals surface area (Å²) in [6.45, 7) is 6.16. The Morgan fingerprint density at radius 1 is 1.04 bits per heavy atom. The molecule has 4 rings (SSSR count). The molecule has 27 heavy (non-hydrogen) atoms. The number of carbonyl (C=O) groups excluding carboxylic acids is 1. The van der Waals surface area contributed by atoms with Gasteiger partial charge in [0.15, 0.2) is 0 Å². The molecule has 0 saturated carbocycles. The van der Waals surface area contributed by atoms with Gasteiger partial charge in [-0.05, 0) is 36.8 Å². The van der Waals surface area contributed by atoms with Gasteiger partial charge in [0, 0.05) is 45.2 Å². The van der Waals surface area contributed by atoms with Crippen molar-refractivity contribution in [1.29, 1.82) is 0 Å². The molecule has 1 saturated heterocycles. The molecule has 4 nitrogen and oxygen atoms in total. The Kier molecular flexibility index (Phi) is 4.70. The molecule has 0 radical (unpaired) electrons. The second kappa shape index (κ2) is 7.16.